The van der Waals surface area contributed by atoms with Gasteiger partial charge in [-0.1, -0.05) is 0 Å². The molecule has 5 heteroatoms. The van der Waals surface area contributed by atoms with E-state index in [1.807, 2.05) is 15.9 Å². The highest BCUT2D eigenvalue weighted by atomic mass is 79.9. The first kappa shape index (κ1) is 8.23. The van der Waals surface area contributed by atoms with Crippen molar-refractivity contribution in [3.8, 4) is 0 Å². The molecule has 0 aromatic rings. The summed E-state index contributed by atoms with van der Waals surface area (Å²) in [4.78, 5) is 0. The summed E-state index contributed by atoms with van der Waals surface area (Å²) >= 11 is 2.03. The molecule has 0 amide bonds. The van der Waals surface area contributed by atoms with Gasteiger partial charge in [0.2, 0.25) is 4.51 Å². The quantitative estimate of drug-likeness (QED) is 0.580. The van der Waals surface area contributed by atoms with Crippen molar-refractivity contribution in [1.29, 1.82) is 0 Å². The number of rotatable bonds is 0. The van der Waals surface area contributed by atoms with Gasteiger partial charge >= 0.3 is 6.18 Å². The summed E-state index contributed by atoms with van der Waals surface area (Å²) in [5.41, 5.74) is 0. The van der Waals surface area contributed by atoms with Gasteiger partial charge < -0.3 is 5.11 Å². The SMILES string of the molecule is CC(O)(Br)C(F)(F)F. The van der Waals surface area contributed by atoms with Crippen LogP contribution in [0.5, 0.6) is 0 Å². The predicted octanol–water partition coefficient (Wildman–Crippen LogP) is 1.65. The van der Waals surface area contributed by atoms with E-state index in [4.69, 9.17) is 5.11 Å². The molecule has 1 atom stereocenters. The van der Waals surface area contributed by atoms with Crippen LogP contribution in [0.1, 0.15) is 6.92 Å². The maximum atomic E-state index is 11.3. The maximum Gasteiger partial charge on any atom is 0.427 e. The van der Waals surface area contributed by atoms with E-state index in [0.717, 1.165) is 0 Å². The Morgan fingerprint density at radius 2 is 1.50 bits per heavy atom. The average molecular weight is 193 g/mol. The molecule has 0 aromatic heterocycles. The minimum atomic E-state index is -4.59. The van der Waals surface area contributed by atoms with Gasteiger partial charge in [-0.15, -0.1) is 0 Å². The first-order valence-corrected chi connectivity index (χ1v) is 2.52. The van der Waals surface area contributed by atoms with Gasteiger partial charge in [-0.05, 0) is 22.9 Å². The Labute approximate surface area is 52.6 Å². The Hall–Kier alpha value is 0.230. The second kappa shape index (κ2) is 1.88. The predicted molar refractivity (Wildman–Crippen MR) is 25.6 cm³/mol. The van der Waals surface area contributed by atoms with Crippen LogP contribution in [0.2, 0.25) is 0 Å². The molecule has 1 nitrogen and oxygen atoms in total. The van der Waals surface area contributed by atoms with Gasteiger partial charge in [0.25, 0.3) is 0 Å². The molecular formula is C3H4BrF3O. The lowest BCUT2D eigenvalue weighted by Gasteiger charge is -2.17. The lowest BCUT2D eigenvalue weighted by atomic mass is 10.4. The fourth-order valence-electron chi connectivity index (χ4n) is 0. The molecule has 50 valence electrons. The van der Waals surface area contributed by atoms with Gasteiger partial charge in [0.15, 0.2) is 0 Å². The summed E-state index contributed by atoms with van der Waals surface area (Å²) in [5, 5.41) is 8.15. The second-order valence-corrected chi connectivity index (χ2v) is 3.00. The third kappa shape index (κ3) is 2.00. The van der Waals surface area contributed by atoms with Crippen LogP contribution in [0.4, 0.5) is 13.2 Å². The summed E-state index contributed by atoms with van der Waals surface area (Å²) in [6.45, 7) is 0.618. The summed E-state index contributed by atoms with van der Waals surface area (Å²) < 4.78 is 31.0. The van der Waals surface area contributed by atoms with Crippen LogP contribution in [-0.2, 0) is 0 Å². The molecule has 0 heterocycles. The molecule has 0 bridgehead atoms. The normalized spacial score (nSPS) is 20.2. The topological polar surface area (TPSA) is 20.2 Å². The largest absolute Gasteiger partial charge is 0.427 e. The van der Waals surface area contributed by atoms with Crippen molar-refractivity contribution >= 4 is 15.9 Å². The van der Waals surface area contributed by atoms with E-state index in [1.165, 1.54) is 0 Å². The summed E-state index contributed by atoms with van der Waals surface area (Å²) in [6, 6.07) is 0. The monoisotopic (exact) mass is 192 g/mol. The molecule has 0 aliphatic heterocycles. The van der Waals surface area contributed by atoms with Crippen molar-refractivity contribution in [2.45, 2.75) is 17.6 Å². The minimum Gasteiger partial charge on any atom is -0.371 e. The second-order valence-electron chi connectivity index (χ2n) is 1.45. The van der Waals surface area contributed by atoms with Crippen LogP contribution in [0.25, 0.3) is 0 Å². The zero-order valence-electron chi connectivity index (χ0n) is 3.96. The van der Waals surface area contributed by atoms with E-state index in [0.29, 0.717) is 6.92 Å². The van der Waals surface area contributed by atoms with Gasteiger partial charge in [-0.2, -0.15) is 13.2 Å². The van der Waals surface area contributed by atoms with E-state index in [2.05, 4.69) is 0 Å². The summed E-state index contributed by atoms with van der Waals surface area (Å²) in [6.07, 6.45) is -4.59. The lowest BCUT2D eigenvalue weighted by Crippen LogP contribution is -2.35. The van der Waals surface area contributed by atoms with Crippen molar-refractivity contribution in [3.63, 3.8) is 0 Å². The molecule has 0 aliphatic carbocycles. The van der Waals surface area contributed by atoms with E-state index >= 15 is 0 Å². The van der Waals surface area contributed by atoms with E-state index in [9.17, 15) is 13.2 Å². The molecule has 1 unspecified atom stereocenters. The molecule has 8 heavy (non-hydrogen) atoms. The number of aliphatic hydroxyl groups is 1. The standard InChI is InChI=1S/C3H4BrF3O/c1-2(4,8)3(5,6)7/h8H,1H3. The Kier molecular flexibility index (Phi) is 1.93. The molecular weight excluding hydrogens is 189 g/mol. The van der Waals surface area contributed by atoms with Crippen LogP contribution in [0.3, 0.4) is 0 Å². The Morgan fingerprint density at radius 3 is 1.50 bits per heavy atom. The third-order valence-corrected chi connectivity index (χ3v) is 0.967. The van der Waals surface area contributed by atoms with Gasteiger partial charge in [0.1, 0.15) is 0 Å². The van der Waals surface area contributed by atoms with Gasteiger partial charge in [-0.3, -0.25) is 0 Å². The highest BCUT2D eigenvalue weighted by Gasteiger charge is 2.47. The van der Waals surface area contributed by atoms with Crippen LogP contribution in [0, 0.1) is 0 Å². The van der Waals surface area contributed by atoms with Crippen LogP contribution >= 0.6 is 15.9 Å². The highest BCUT2D eigenvalue weighted by Crippen LogP contribution is 2.34. The minimum absolute atomic E-state index is 0.618. The molecule has 0 rings (SSSR count). The van der Waals surface area contributed by atoms with E-state index < -0.39 is 10.7 Å². The van der Waals surface area contributed by atoms with Crippen LogP contribution < -0.4 is 0 Å². The summed E-state index contributed by atoms with van der Waals surface area (Å²) in [5.74, 6) is 0. The van der Waals surface area contributed by atoms with Gasteiger partial charge in [0.05, 0.1) is 0 Å². The lowest BCUT2D eigenvalue weighted by molar-refractivity contribution is -0.210. The first-order chi connectivity index (χ1) is 3.25. The zero-order valence-corrected chi connectivity index (χ0v) is 5.55. The Balaban J connectivity index is 4.02. The third-order valence-electron chi connectivity index (χ3n) is 0.517. The number of hydrogen-bond donors (Lipinski definition) is 1. The van der Waals surface area contributed by atoms with E-state index in [-0.39, 0.29) is 0 Å². The molecule has 1 N–H and O–H groups in total. The molecule has 0 fully saturated rings. The number of alkyl halides is 4. The molecule has 0 radical (unpaired) electrons. The van der Waals surface area contributed by atoms with Crippen molar-refractivity contribution in [2.24, 2.45) is 0 Å². The van der Waals surface area contributed by atoms with Crippen molar-refractivity contribution in [1.82, 2.24) is 0 Å². The summed E-state index contributed by atoms with van der Waals surface area (Å²) in [7, 11) is 0. The average Bonchev–Trinajstić information content (AvgIpc) is 1.25. The maximum absolute atomic E-state index is 11.3. The van der Waals surface area contributed by atoms with E-state index in [1.54, 1.807) is 0 Å². The molecule has 0 saturated heterocycles. The smallest absolute Gasteiger partial charge is 0.371 e. The zero-order chi connectivity index (χ0) is 7.00. The fraction of sp³-hybridized carbons (Fsp3) is 1.00. The first-order valence-electron chi connectivity index (χ1n) is 1.73. The molecule has 0 aromatic carbocycles. The van der Waals surface area contributed by atoms with Gasteiger partial charge in [-0.25, -0.2) is 0 Å². The number of halogens is 4. The van der Waals surface area contributed by atoms with Crippen LogP contribution in [-0.4, -0.2) is 15.8 Å². The highest BCUT2D eigenvalue weighted by molar-refractivity contribution is 9.10. The Bertz CT molecular complexity index is 69.5. The van der Waals surface area contributed by atoms with Crippen molar-refractivity contribution < 1.29 is 18.3 Å². The van der Waals surface area contributed by atoms with Crippen molar-refractivity contribution in [3.05, 3.63) is 0 Å². The Morgan fingerprint density at radius 1 is 1.38 bits per heavy atom. The molecule has 0 spiro atoms. The molecule has 0 aliphatic rings. The van der Waals surface area contributed by atoms with Crippen molar-refractivity contribution in [2.75, 3.05) is 0 Å². The van der Waals surface area contributed by atoms with Gasteiger partial charge in [0, 0.05) is 0 Å². The fourth-order valence-corrected chi connectivity index (χ4v) is 0. The number of hydrogen-bond acceptors (Lipinski definition) is 1. The van der Waals surface area contributed by atoms with Crippen LogP contribution in [0.15, 0.2) is 0 Å². The molecule has 0 saturated carbocycles.